The summed E-state index contributed by atoms with van der Waals surface area (Å²) in [5.41, 5.74) is 1.66. The van der Waals surface area contributed by atoms with Crippen LogP contribution in [-0.4, -0.2) is 54.2 Å². The number of aromatic hydroxyl groups is 1. The van der Waals surface area contributed by atoms with Crippen molar-refractivity contribution in [3.05, 3.63) is 82.8 Å². The molecule has 1 heterocycles. The molecule has 6 nitrogen and oxygen atoms in total. The first-order valence-electron chi connectivity index (χ1n) is 12.4. The number of rotatable bonds is 8. The Bertz CT molecular complexity index is 1170. The lowest BCUT2D eigenvalue weighted by Gasteiger charge is -2.42. The molecule has 0 aliphatic carbocycles. The predicted molar refractivity (Wildman–Crippen MR) is 148 cm³/mol. The van der Waals surface area contributed by atoms with Crippen molar-refractivity contribution < 1.29 is 14.6 Å². The van der Waals surface area contributed by atoms with E-state index in [1.165, 1.54) is 0 Å². The summed E-state index contributed by atoms with van der Waals surface area (Å²) in [4.78, 5) is 17.8. The van der Waals surface area contributed by atoms with Crippen molar-refractivity contribution in [2.24, 2.45) is 5.92 Å². The topological polar surface area (TPSA) is 65.0 Å². The fourth-order valence-electron chi connectivity index (χ4n) is 4.55. The van der Waals surface area contributed by atoms with Gasteiger partial charge < -0.3 is 20.1 Å². The van der Waals surface area contributed by atoms with Gasteiger partial charge in [-0.05, 0) is 67.4 Å². The number of phenolic OH excluding ortho intramolecular Hbond substituents is 1. The van der Waals surface area contributed by atoms with E-state index < -0.39 is 0 Å². The minimum Gasteiger partial charge on any atom is -0.508 e. The predicted octanol–water partition coefficient (Wildman–Crippen LogP) is 5.91. The lowest BCUT2D eigenvalue weighted by molar-refractivity contribution is 0.0903. The van der Waals surface area contributed by atoms with Gasteiger partial charge in [-0.1, -0.05) is 41.9 Å². The van der Waals surface area contributed by atoms with E-state index in [0.717, 1.165) is 42.1 Å². The molecule has 7 heteroatoms. The number of piperazine rings is 1. The van der Waals surface area contributed by atoms with Crippen molar-refractivity contribution in [2.45, 2.75) is 32.9 Å². The molecular formula is C29H34BrN3O3. The maximum Gasteiger partial charge on any atom is 0.251 e. The van der Waals surface area contributed by atoms with Gasteiger partial charge in [0.2, 0.25) is 0 Å². The van der Waals surface area contributed by atoms with Gasteiger partial charge >= 0.3 is 0 Å². The summed E-state index contributed by atoms with van der Waals surface area (Å²) < 4.78 is 6.83. The fraction of sp³-hybridized carbons (Fsp3) is 0.345. The minimum absolute atomic E-state index is 0.0367. The summed E-state index contributed by atoms with van der Waals surface area (Å²) in [6.45, 7) is 9.97. The molecule has 4 rings (SSSR count). The number of phenols is 1. The third-order valence-corrected chi connectivity index (χ3v) is 7.09. The van der Waals surface area contributed by atoms with Gasteiger partial charge in [-0.25, -0.2) is 0 Å². The van der Waals surface area contributed by atoms with Crippen molar-refractivity contribution in [3.63, 3.8) is 0 Å². The van der Waals surface area contributed by atoms with Gasteiger partial charge in [0.15, 0.2) is 0 Å². The quantitative estimate of drug-likeness (QED) is 0.364. The van der Waals surface area contributed by atoms with Crippen LogP contribution in [-0.2, 0) is 0 Å². The van der Waals surface area contributed by atoms with Crippen LogP contribution in [0.15, 0.2) is 77.3 Å². The molecule has 2 atom stereocenters. The molecule has 0 bridgehead atoms. The lowest BCUT2D eigenvalue weighted by atomic mass is 10.0. The van der Waals surface area contributed by atoms with E-state index in [1.54, 1.807) is 18.2 Å². The Morgan fingerprint density at radius 3 is 2.47 bits per heavy atom. The number of ether oxygens (including phenoxy) is 1. The highest BCUT2D eigenvalue weighted by Gasteiger charge is 2.27. The molecule has 3 aromatic rings. The highest BCUT2D eigenvalue weighted by Crippen LogP contribution is 2.26. The lowest BCUT2D eigenvalue weighted by Crippen LogP contribution is -2.56. The van der Waals surface area contributed by atoms with E-state index in [4.69, 9.17) is 4.74 Å². The summed E-state index contributed by atoms with van der Waals surface area (Å²) in [6, 6.07) is 22.7. The molecule has 1 saturated heterocycles. The third kappa shape index (κ3) is 6.80. The molecule has 0 saturated carbocycles. The molecule has 2 N–H and O–H groups in total. The Labute approximate surface area is 222 Å². The van der Waals surface area contributed by atoms with E-state index in [-0.39, 0.29) is 17.7 Å². The number of carbonyl (C=O) groups is 1. The Hall–Kier alpha value is -3.03. The molecule has 0 aromatic heterocycles. The zero-order valence-electron chi connectivity index (χ0n) is 21.0. The maximum atomic E-state index is 13.0. The molecule has 190 valence electrons. The standard InChI is InChI=1S/C29H34BrN3O3/c1-20(2)28(19-32-14-15-33(21(3)18-32)24-7-5-8-25(34)17-24)31-29(35)22-10-12-26(13-11-22)36-27-9-4-6-23(30)16-27/h4-13,16-17,20-21,28,34H,14-15,18-19H2,1-3H3,(H,31,35)/t21-,28+/m0/s1. The molecule has 3 aromatic carbocycles. The summed E-state index contributed by atoms with van der Waals surface area (Å²) >= 11 is 3.45. The van der Waals surface area contributed by atoms with Crippen LogP contribution in [0, 0.1) is 5.92 Å². The summed E-state index contributed by atoms with van der Waals surface area (Å²) in [6.07, 6.45) is 0. The third-order valence-electron chi connectivity index (χ3n) is 6.60. The minimum atomic E-state index is -0.0749. The van der Waals surface area contributed by atoms with E-state index >= 15 is 0 Å². The number of hydrogen-bond donors (Lipinski definition) is 2. The second-order valence-corrected chi connectivity index (χ2v) is 10.6. The Balaban J connectivity index is 1.33. The zero-order chi connectivity index (χ0) is 25.7. The number of carbonyl (C=O) groups excluding carboxylic acids is 1. The van der Waals surface area contributed by atoms with Crippen molar-refractivity contribution in [3.8, 4) is 17.2 Å². The van der Waals surface area contributed by atoms with Gasteiger partial charge in [-0.3, -0.25) is 9.69 Å². The van der Waals surface area contributed by atoms with E-state index in [2.05, 4.69) is 51.8 Å². The van der Waals surface area contributed by atoms with Crippen LogP contribution in [0.4, 0.5) is 5.69 Å². The molecular weight excluding hydrogens is 518 g/mol. The number of nitrogens with zero attached hydrogens (tertiary/aromatic N) is 2. The summed E-state index contributed by atoms with van der Waals surface area (Å²) in [5.74, 6) is 1.93. The molecule has 1 fully saturated rings. The first-order valence-corrected chi connectivity index (χ1v) is 13.2. The van der Waals surface area contributed by atoms with Gasteiger partial charge in [0.1, 0.15) is 17.2 Å². The normalized spacial score (nSPS) is 17.1. The molecule has 36 heavy (non-hydrogen) atoms. The van der Waals surface area contributed by atoms with Gasteiger partial charge in [0.25, 0.3) is 5.91 Å². The monoisotopic (exact) mass is 551 g/mol. The van der Waals surface area contributed by atoms with Crippen LogP contribution >= 0.6 is 15.9 Å². The first kappa shape index (κ1) is 26.0. The van der Waals surface area contributed by atoms with Crippen LogP contribution < -0.4 is 15.0 Å². The van der Waals surface area contributed by atoms with E-state index in [1.807, 2.05) is 54.6 Å². The second kappa shape index (κ2) is 11.8. The SMILES string of the molecule is CC(C)[C@@H](CN1CCN(c2cccc(O)c2)[C@@H](C)C1)NC(=O)c1ccc(Oc2cccc(Br)c2)cc1. The van der Waals surface area contributed by atoms with E-state index in [9.17, 15) is 9.90 Å². The van der Waals surface area contributed by atoms with Gasteiger partial charge in [-0.15, -0.1) is 0 Å². The van der Waals surface area contributed by atoms with Gasteiger partial charge in [-0.2, -0.15) is 0 Å². The Morgan fingerprint density at radius 2 is 1.81 bits per heavy atom. The van der Waals surface area contributed by atoms with Crippen LogP contribution in [0.3, 0.4) is 0 Å². The van der Waals surface area contributed by atoms with Crippen LogP contribution in [0.2, 0.25) is 0 Å². The largest absolute Gasteiger partial charge is 0.508 e. The van der Waals surface area contributed by atoms with Crippen molar-refractivity contribution >= 4 is 27.5 Å². The Morgan fingerprint density at radius 1 is 1.06 bits per heavy atom. The number of halogens is 1. The average molecular weight is 553 g/mol. The smallest absolute Gasteiger partial charge is 0.251 e. The zero-order valence-corrected chi connectivity index (χ0v) is 22.6. The highest BCUT2D eigenvalue weighted by atomic mass is 79.9. The molecule has 0 radical (unpaired) electrons. The summed E-state index contributed by atoms with van der Waals surface area (Å²) in [5, 5.41) is 13.1. The second-order valence-electron chi connectivity index (χ2n) is 9.73. The molecule has 1 amide bonds. The number of amides is 1. The van der Waals surface area contributed by atoms with Crippen molar-refractivity contribution in [1.82, 2.24) is 10.2 Å². The number of benzene rings is 3. The molecule has 1 aliphatic heterocycles. The Kier molecular flexibility index (Phi) is 8.54. The highest BCUT2D eigenvalue weighted by molar-refractivity contribution is 9.10. The fourth-order valence-corrected chi connectivity index (χ4v) is 4.93. The average Bonchev–Trinajstić information content (AvgIpc) is 2.84. The molecule has 1 aliphatic rings. The maximum absolute atomic E-state index is 13.0. The molecule has 0 unspecified atom stereocenters. The molecule has 0 spiro atoms. The van der Waals surface area contributed by atoms with Crippen LogP contribution in [0.1, 0.15) is 31.1 Å². The van der Waals surface area contributed by atoms with Gasteiger partial charge in [0, 0.05) is 60.1 Å². The van der Waals surface area contributed by atoms with Crippen molar-refractivity contribution in [2.75, 3.05) is 31.1 Å². The number of hydrogen-bond acceptors (Lipinski definition) is 5. The van der Waals surface area contributed by atoms with Crippen LogP contribution in [0.25, 0.3) is 0 Å². The number of nitrogens with one attached hydrogen (secondary N) is 1. The van der Waals surface area contributed by atoms with Crippen molar-refractivity contribution in [1.29, 1.82) is 0 Å². The number of anilines is 1. The summed E-state index contributed by atoms with van der Waals surface area (Å²) in [7, 11) is 0. The van der Waals surface area contributed by atoms with Gasteiger partial charge in [0.05, 0.1) is 0 Å². The van der Waals surface area contributed by atoms with E-state index in [0.29, 0.717) is 23.3 Å². The first-order chi connectivity index (χ1) is 17.3. The van der Waals surface area contributed by atoms with Crippen LogP contribution in [0.5, 0.6) is 17.2 Å².